The molecule has 0 bridgehead atoms. The second-order valence-electron chi connectivity index (χ2n) is 5.40. The lowest BCUT2D eigenvalue weighted by atomic mass is 9.87. The van der Waals surface area contributed by atoms with Gasteiger partial charge in [-0.05, 0) is 12.3 Å². The lowest BCUT2D eigenvalue weighted by Crippen LogP contribution is -2.49. The minimum absolute atomic E-state index is 0.0309. The molecule has 0 radical (unpaired) electrons. The van der Waals surface area contributed by atoms with Gasteiger partial charge in [0.05, 0.1) is 6.54 Å². The van der Waals surface area contributed by atoms with Gasteiger partial charge in [0.1, 0.15) is 0 Å². The summed E-state index contributed by atoms with van der Waals surface area (Å²) in [6.07, 6.45) is -1.02. The van der Waals surface area contributed by atoms with Crippen molar-refractivity contribution in [3.63, 3.8) is 0 Å². The third-order valence-corrected chi connectivity index (χ3v) is 3.15. The average Bonchev–Trinajstić information content (AvgIpc) is 2.25. The van der Waals surface area contributed by atoms with Gasteiger partial charge in [-0.3, -0.25) is 0 Å². The van der Waals surface area contributed by atoms with Crippen LogP contribution in [0.15, 0.2) is 0 Å². The van der Waals surface area contributed by atoms with Crippen molar-refractivity contribution in [1.82, 2.24) is 10.2 Å². The molecular weight excluding hydrogens is 236 g/mol. The summed E-state index contributed by atoms with van der Waals surface area (Å²) < 4.78 is 4.74. The highest BCUT2D eigenvalue weighted by atomic mass is 16.5. The van der Waals surface area contributed by atoms with Gasteiger partial charge in [0.2, 0.25) is 0 Å². The number of methoxy groups -OCH3 is 1. The molecular formula is C12H24N2O4. The molecule has 0 aromatic heterocycles. The standard InChI is InChI=1S/C12H24N2O4/c1-8(12(2,3)4)14(5)11(17)13-7-9(18-6)10(15)16/h8-9H,7H2,1-6H3,(H,13,17)(H,15,16). The lowest BCUT2D eigenvalue weighted by molar-refractivity contribution is -0.148. The molecule has 2 atom stereocenters. The van der Waals surface area contributed by atoms with Gasteiger partial charge in [0, 0.05) is 20.2 Å². The molecule has 2 unspecified atom stereocenters. The van der Waals surface area contributed by atoms with E-state index >= 15 is 0 Å². The van der Waals surface area contributed by atoms with Crippen molar-refractivity contribution in [3.05, 3.63) is 0 Å². The van der Waals surface area contributed by atoms with E-state index in [0.29, 0.717) is 0 Å². The van der Waals surface area contributed by atoms with E-state index in [9.17, 15) is 9.59 Å². The Morgan fingerprint density at radius 1 is 1.39 bits per heavy atom. The molecule has 0 saturated heterocycles. The highest BCUT2D eigenvalue weighted by Crippen LogP contribution is 2.22. The van der Waals surface area contributed by atoms with Crippen molar-refractivity contribution in [2.45, 2.75) is 39.8 Å². The molecule has 2 N–H and O–H groups in total. The highest BCUT2D eigenvalue weighted by molar-refractivity contribution is 5.77. The van der Waals surface area contributed by atoms with Crippen molar-refractivity contribution in [2.24, 2.45) is 5.41 Å². The van der Waals surface area contributed by atoms with Crippen molar-refractivity contribution < 1.29 is 19.4 Å². The normalized spacial score (nSPS) is 14.8. The van der Waals surface area contributed by atoms with Crippen LogP contribution in [-0.4, -0.2) is 54.9 Å². The fourth-order valence-corrected chi connectivity index (χ4v) is 1.33. The van der Waals surface area contributed by atoms with Crippen LogP contribution in [0.4, 0.5) is 4.79 Å². The van der Waals surface area contributed by atoms with Gasteiger partial charge in [-0.15, -0.1) is 0 Å². The Morgan fingerprint density at radius 2 is 1.89 bits per heavy atom. The highest BCUT2D eigenvalue weighted by Gasteiger charge is 2.27. The molecule has 0 saturated carbocycles. The maximum Gasteiger partial charge on any atom is 0.334 e. The predicted octanol–water partition coefficient (Wildman–Crippen LogP) is 1.16. The zero-order chi connectivity index (χ0) is 14.5. The van der Waals surface area contributed by atoms with E-state index in [1.165, 1.54) is 7.11 Å². The van der Waals surface area contributed by atoms with E-state index in [1.54, 1.807) is 11.9 Å². The van der Waals surface area contributed by atoms with Gasteiger partial charge < -0.3 is 20.1 Å². The molecule has 0 aliphatic rings. The number of ether oxygens (including phenoxy) is 1. The Kier molecular flexibility index (Phi) is 6.11. The van der Waals surface area contributed by atoms with Gasteiger partial charge in [-0.25, -0.2) is 9.59 Å². The SMILES string of the molecule is COC(CNC(=O)N(C)C(C)C(C)(C)C)C(=O)O. The third-order valence-electron chi connectivity index (χ3n) is 3.15. The largest absolute Gasteiger partial charge is 0.479 e. The number of nitrogens with one attached hydrogen (secondary N) is 1. The number of carbonyl (C=O) groups is 2. The first kappa shape index (κ1) is 16.7. The minimum Gasteiger partial charge on any atom is -0.479 e. The Morgan fingerprint density at radius 3 is 2.22 bits per heavy atom. The molecule has 0 aliphatic heterocycles. The summed E-state index contributed by atoms with van der Waals surface area (Å²) >= 11 is 0. The van der Waals surface area contributed by atoms with Gasteiger partial charge >= 0.3 is 12.0 Å². The van der Waals surface area contributed by atoms with Crippen molar-refractivity contribution in [3.8, 4) is 0 Å². The number of carbonyl (C=O) groups excluding carboxylic acids is 1. The Balaban J connectivity index is 4.37. The van der Waals surface area contributed by atoms with Crippen molar-refractivity contribution >= 4 is 12.0 Å². The average molecular weight is 260 g/mol. The van der Waals surface area contributed by atoms with Crippen molar-refractivity contribution in [1.29, 1.82) is 0 Å². The number of carboxylic acids is 1. The number of amides is 2. The molecule has 6 heteroatoms. The van der Waals surface area contributed by atoms with Crippen LogP contribution in [-0.2, 0) is 9.53 Å². The van der Waals surface area contributed by atoms with Gasteiger partial charge in [0.15, 0.2) is 6.10 Å². The summed E-state index contributed by atoms with van der Waals surface area (Å²) in [4.78, 5) is 24.1. The first-order chi connectivity index (χ1) is 8.11. The van der Waals surface area contributed by atoms with Gasteiger partial charge in [0.25, 0.3) is 0 Å². The number of nitrogens with zero attached hydrogens (tertiary/aromatic N) is 1. The van der Waals surface area contributed by atoms with Crippen LogP contribution in [0.3, 0.4) is 0 Å². The van der Waals surface area contributed by atoms with E-state index in [4.69, 9.17) is 9.84 Å². The monoisotopic (exact) mass is 260 g/mol. The Bertz CT molecular complexity index is 299. The first-order valence-electron chi connectivity index (χ1n) is 5.87. The Labute approximate surface area is 108 Å². The molecule has 2 amide bonds. The quantitative estimate of drug-likeness (QED) is 0.777. The van der Waals surface area contributed by atoms with Gasteiger partial charge in [-0.2, -0.15) is 0 Å². The van der Waals surface area contributed by atoms with E-state index in [1.807, 2.05) is 27.7 Å². The van der Waals surface area contributed by atoms with E-state index < -0.39 is 12.1 Å². The molecule has 0 aromatic carbocycles. The number of aliphatic carboxylic acids is 1. The van der Waals surface area contributed by atoms with Crippen LogP contribution in [0.25, 0.3) is 0 Å². The van der Waals surface area contributed by atoms with Crippen LogP contribution in [0.2, 0.25) is 0 Å². The molecule has 6 nitrogen and oxygen atoms in total. The number of carboxylic acid groups (broad SMARTS) is 1. The molecule has 0 heterocycles. The van der Waals surface area contributed by atoms with E-state index in [2.05, 4.69) is 5.32 Å². The summed E-state index contributed by atoms with van der Waals surface area (Å²) in [6, 6.07) is -0.274. The second kappa shape index (κ2) is 6.58. The minimum atomic E-state index is -1.09. The lowest BCUT2D eigenvalue weighted by Gasteiger charge is -2.35. The molecule has 106 valence electrons. The molecule has 0 aromatic rings. The summed E-state index contributed by atoms with van der Waals surface area (Å²) in [7, 11) is 2.99. The number of hydrogen-bond acceptors (Lipinski definition) is 3. The summed E-state index contributed by atoms with van der Waals surface area (Å²) in [6.45, 7) is 8.01. The van der Waals surface area contributed by atoms with Crippen LogP contribution in [0.5, 0.6) is 0 Å². The summed E-state index contributed by atoms with van der Waals surface area (Å²) in [5.74, 6) is -1.09. The maximum atomic E-state index is 11.8. The number of rotatable bonds is 5. The smallest absolute Gasteiger partial charge is 0.334 e. The zero-order valence-electron chi connectivity index (χ0n) is 12.0. The molecule has 0 rings (SSSR count). The molecule has 0 spiro atoms. The van der Waals surface area contributed by atoms with Gasteiger partial charge in [-0.1, -0.05) is 20.8 Å². The van der Waals surface area contributed by atoms with E-state index in [0.717, 1.165) is 0 Å². The molecule has 18 heavy (non-hydrogen) atoms. The zero-order valence-corrected chi connectivity index (χ0v) is 12.0. The second-order valence-corrected chi connectivity index (χ2v) is 5.40. The van der Waals surface area contributed by atoms with Crippen molar-refractivity contribution in [2.75, 3.05) is 20.7 Å². The Hall–Kier alpha value is -1.30. The predicted molar refractivity (Wildman–Crippen MR) is 68.5 cm³/mol. The maximum absolute atomic E-state index is 11.8. The number of hydrogen-bond donors (Lipinski definition) is 2. The number of urea groups is 1. The summed E-state index contributed by atoms with van der Waals surface area (Å²) in [5, 5.41) is 11.3. The van der Waals surface area contributed by atoms with Crippen LogP contribution < -0.4 is 5.32 Å². The first-order valence-corrected chi connectivity index (χ1v) is 5.87. The van der Waals surface area contributed by atoms with E-state index in [-0.39, 0.29) is 24.0 Å². The van der Waals surface area contributed by atoms with Crippen LogP contribution >= 0.6 is 0 Å². The fourth-order valence-electron chi connectivity index (χ4n) is 1.33. The van der Waals surface area contributed by atoms with Crippen LogP contribution in [0.1, 0.15) is 27.7 Å². The van der Waals surface area contributed by atoms with Crippen LogP contribution in [0, 0.1) is 5.41 Å². The molecule has 0 aliphatic carbocycles. The summed E-state index contributed by atoms with van der Waals surface area (Å²) in [5.41, 5.74) is -0.0421. The topological polar surface area (TPSA) is 78.9 Å². The fraction of sp³-hybridized carbons (Fsp3) is 0.833. The molecule has 0 fully saturated rings. The third kappa shape index (κ3) is 4.91.